The van der Waals surface area contributed by atoms with Crippen LogP contribution in [-0.2, 0) is 11.2 Å². The van der Waals surface area contributed by atoms with Gasteiger partial charge in [0.2, 0.25) is 5.91 Å². The molecule has 0 radical (unpaired) electrons. The van der Waals surface area contributed by atoms with Crippen molar-refractivity contribution < 1.29 is 9.59 Å². The number of nitrogens with one attached hydrogen (secondary N) is 1. The maximum absolute atomic E-state index is 13.1. The second-order valence-corrected chi connectivity index (χ2v) is 7.20. The molecule has 0 saturated carbocycles. The molecule has 0 unspecified atom stereocenters. The molecule has 0 atom stereocenters. The molecule has 0 spiro atoms. The molecule has 0 aliphatic carbocycles. The molecule has 138 valence electrons. The summed E-state index contributed by atoms with van der Waals surface area (Å²) in [6, 6.07) is 4.06. The van der Waals surface area contributed by atoms with Crippen LogP contribution in [0.5, 0.6) is 0 Å². The molecule has 1 fully saturated rings. The third-order valence-corrected chi connectivity index (χ3v) is 5.52. The molecule has 26 heavy (non-hydrogen) atoms. The standard InChI is InChI=1S/C21H27N3O2/c1-14-11-15(2)17(4)20(16(14)3)21(26)24-9-7-23(8-10-24)19(25)12-18-5-6-22-13-18/h5-6,11,13,22H,7-10,12H2,1-4H3. The van der Waals surface area contributed by atoms with E-state index in [0.717, 1.165) is 33.4 Å². The molecule has 0 bridgehead atoms. The third-order valence-electron chi connectivity index (χ3n) is 5.52. The van der Waals surface area contributed by atoms with Gasteiger partial charge in [-0.15, -0.1) is 0 Å². The van der Waals surface area contributed by atoms with Crippen LogP contribution in [0.2, 0.25) is 0 Å². The number of aryl methyl sites for hydroxylation is 2. The molecule has 1 aromatic heterocycles. The first-order valence-corrected chi connectivity index (χ1v) is 9.14. The highest BCUT2D eigenvalue weighted by Gasteiger charge is 2.27. The average Bonchev–Trinajstić information content (AvgIpc) is 3.13. The van der Waals surface area contributed by atoms with E-state index in [-0.39, 0.29) is 11.8 Å². The number of benzene rings is 1. The number of amides is 2. The second kappa shape index (κ2) is 7.36. The van der Waals surface area contributed by atoms with Crippen molar-refractivity contribution in [2.45, 2.75) is 34.1 Å². The lowest BCUT2D eigenvalue weighted by atomic mass is 9.93. The molecule has 2 amide bonds. The van der Waals surface area contributed by atoms with Gasteiger partial charge in [0.05, 0.1) is 6.42 Å². The third kappa shape index (κ3) is 3.52. The Balaban J connectivity index is 1.67. The van der Waals surface area contributed by atoms with E-state index < -0.39 is 0 Å². The minimum absolute atomic E-state index is 0.0875. The number of piperazine rings is 1. The van der Waals surface area contributed by atoms with Crippen LogP contribution >= 0.6 is 0 Å². The molecular weight excluding hydrogens is 326 g/mol. The van der Waals surface area contributed by atoms with Crippen molar-refractivity contribution in [3.63, 3.8) is 0 Å². The Hall–Kier alpha value is -2.56. The zero-order valence-electron chi connectivity index (χ0n) is 16.1. The van der Waals surface area contributed by atoms with Crippen LogP contribution in [0.1, 0.15) is 38.2 Å². The largest absolute Gasteiger partial charge is 0.367 e. The van der Waals surface area contributed by atoms with Crippen LogP contribution in [0.4, 0.5) is 0 Å². The van der Waals surface area contributed by atoms with Crippen LogP contribution in [0, 0.1) is 27.7 Å². The van der Waals surface area contributed by atoms with Gasteiger partial charge in [-0.05, 0) is 61.6 Å². The van der Waals surface area contributed by atoms with Gasteiger partial charge >= 0.3 is 0 Å². The monoisotopic (exact) mass is 353 g/mol. The van der Waals surface area contributed by atoms with E-state index in [1.54, 1.807) is 0 Å². The highest BCUT2D eigenvalue weighted by atomic mass is 16.2. The van der Waals surface area contributed by atoms with Crippen LogP contribution < -0.4 is 0 Å². The molecule has 3 rings (SSSR count). The molecule has 1 N–H and O–H groups in total. The number of nitrogens with zero attached hydrogens (tertiary/aromatic N) is 2. The lowest BCUT2D eigenvalue weighted by Crippen LogP contribution is -2.51. The minimum atomic E-state index is 0.0875. The fraction of sp³-hybridized carbons (Fsp3) is 0.429. The summed E-state index contributed by atoms with van der Waals surface area (Å²) in [6.07, 6.45) is 4.09. The molecule has 1 saturated heterocycles. The van der Waals surface area contributed by atoms with E-state index in [2.05, 4.69) is 24.9 Å². The molecule has 1 aliphatic heterocycles. The van der Waals surface area contributed by atoms with Crippen LogP contribution in [0.25, 0.3) is 0 Å². The molecule has 1 aliphatic rings. The van der Waals surface area contributed by atoms with E-state index in [0.29, 0.717) is 32.6 Å². The maximum atomic E-state index is 13.1. The van der Waals surface area contributed by atoms with Gasteiger partial charge in [0, 0.05) is 44.1 Å². The van der Waals surface area contributed by atoms with Crippen molar-refractivity contribution >= 4 is 11.8 Å². The van der Waals surface area contributed by atoms with Crippen molar-refractivity contribution in [2.75, 3.05) is 26.2 Å². The number of hydrogen-bond donors (Lipinski definition) is 1. The van der Waals surface area contributed by atoms with E-state index in [1.165, 1.54) is 0 Å². The predicted molar refractivity (Wildman–Crippen MR) is 102 cm³/mol. The number of H-pyrrole nitrogens is 1. The number of hydrogen-bond acceptors (Lipinski definition) is 2. The van der Waals surface area contributed by atoms with Crippen molar-refractivity contribution in [1.29, 1.82) is 0 Å². The van der Waals surface area contributed by atoms with Gasteiger partial charge in [-0.1, -0.05) is 6.07 Å². The van der Waals surface area contributed by atoms with E-state index in [9.17, 15) is 9.59 Å². The Kier molecular flexibility index (Phi) is 5.16. The quantitative estimate of drug-likeness (QED) is 0.922. The summed E-state index contributed by atoms with van der Waals surface area (Å²) < 4.78 is 0. The fourth-order valence-corrected chi connectivity index (χ4v) is 3.61. The van der Waals surface area contributed by atoms with Gasteiger partial charge in [0.1, 0.15) is 0 Å². The summed E-state index contributed by atoms with van der Waals surface area (Å²) in [6.45, 7) is 10.5. The Morgan fingerprint density at radius 2 is 1.54 bits per heavy atom. The van der Waals surface area contributed by atoms with Crippen LogP contribution in [0.3, 0.4) is 0 Å². The predicted octanol–water partition coefficient (Wildman–Crippen LogP) is 2.78. The summed E-state index contributed by atoms with van der Waals surface area (Å²) >= 11 is 0. The number of carbonyl (C=O) groups excluding carboxylic acids is 2. The maximum Gasteiger partial charge on any atom is 0.254 e. The van der Waals surface area contributed by atoms with Gasteiger partial charge < -0.3 is 14.8 Å². The zero-order chi connectivity index (χ0) is 18.8. The molecule has 5 heteroatoms. The highest BCUT2D eigenvalue weighted by Crippen LogP contribution is 2.23. The lowest BCUT2D eigenvalue weighted by molar-refractivity contribution is -0.131. The Bertz CT molecular complexity index is 790. The van der Waals surface area contributed by atoms with Gasteiger partial charge in [0.25, 0.3) is 5.91 Å². The first-order valence-electron chi connectivity index (χ1n) is 9.14. The minimum Gasteiger partial charge on any atom is -0.367 e. The molecule has 2 aromatic rings. The van der Waals surface area contributed by atoms with Gasteiger partial charge in [0.15, 0.2) is 0 Å². The normalized spacial score (nSPS) is 14.6. The highest BCUT2D eigenvalue weighted by molar-refractivity contribution is 5.98. The lowest BCUT2D eigenvalue weighted by Gasteiger charge is -2.35. The topological polar surface area (TPSA) is 56.4 Å². The van der Waals surface area contributed by atoms with E-state index >= 15 is 0 Å². The zero-order valence-corrected chi connectivity index (χ0v) is 16.1. The van der Waals surface area contributed by atoms with Crippen molar-refractivity contribution in [2.24, 2.45) is 0 Å². The number of aromatic amines is 1. The van der Waals surface area contributed by atoms with Crippen molar-refractivity contribution in [1.82, 2.24) is 14.8 Å². The number of rotatable bonds is 3. The Labute approximate surface area is 155 Å². The summed E-state index contributed by atoms with van der Waals surface area (Å²) in [5, 5.41) is 0. The molecule has 1 aromatic carbocycles. The van der Waals surface area contributed by atoms with Gasteiger partial charge in [-0.3, -0.25) is 9.59 Å². The fourth-order valence-electron chi connectivity index (χ4n) is 3.61. The SMILES string of the molecule is Cc1cc(C)c(C)c(C(=O)N2CCN(C(=O)Cc3cc[nH]c3)CC2)c1C. The van der Waals surface area contributed by atoms with Gasteiger partial charge in [-0.2, -0.15) is 0 Å². The summed E-state index contributed by atoms with van der Waals surface area (Å²) in [5.41, 5.74) is 6.24. The number of carbonyl (C=O) groups is 2. The second-order valence-electron chi connectivity index (χ2n) is 7.20. The Morgan fingerprint density at radius 3 is 2.08 bits per heavy atom. The Morgan fingerprint density at radius 1 is 0.962 bits per heavy atom. The smallest absolute Gasteiger partial charge is 0.254 e. The van der Waals surface area contributed by atoms with Crippen LogP contribution in [-0.4, -0.2) is 52.8 Å². The van der Waals surface area contributed by atoms with Crippen molar-refractivity contribution in [3.8, 4) is 0 Å². The first kappa shape index (κ1) is 18.2. The van der Waals surface area contributed by atoms with Gasteiger partial charge in [-0.25, -0.2) is 0 Å². The molecular formula is C21H27N3O2. The molecule has 5 nitrogen and oxygen atoms in total. The van der Waals surface area contributed by atoms with E-state index in [1.807, 2.05) is 42.1 Å². The first-order chi connectivity index (χ1) is 12.4. The van der Waals surface area contributed by atoms with Crippen molar-refractivity contribution in [3.05, 3.63) is 57.9 Å². The summed E-state index contributed by atoms with van der Waals surface area (Å²) in [5.74, 6) is 0.208. The molecule has 2 heterocycles. The summed E-state index contributed by atoms with van der Waals surface area (Å²) in [7, 11) is 0. The van der Waals surface area contributed by atoms with Crippen LogP contribution in [0.15, 0.2) is 24.5 Å². The average molecular weight is 353 g/mol. The number of aromatic nitrogens is 1. The summed E-state index contributed by atoms with van der Waals surface area (Å²) in [4.78, 5) is 32.2. The van der Waals surface area contributed by atoms with E-state index in [4.69, 9.17) is 0 Å².